The summed E-state index contributed by atoms with van der Waals surface area (Å²) >= 11 is 0. The minimum absolute atomic E-state index is 0.0956. The number of tetrazole rings is 1. The van der Waals surface area contributed by atoms with E-state index in [9.17, 15) is 8.42 Å². The van der Waals surface area contributed by atoms with Crippen molar-refractivity contribution < 1.29 is 8.42 Å². The number of rotatable bonds is 7. The Morgan fingerprint density at radius 1 is 1.37 bits per heavy atom. The highest BCUT2D eigenvalue weighted by Gasteiger charge is 2.26. The van der Waals surface area contributed by atoms with Crippen molar-refractivity contribution >= 4 is 9.84 Å². The van der Waals surface area contributed by atoms with Gasteiger partial charge in [0, 0.05) is 18.8 Å². The van der Waals surface area contributed by atoms with Gasteiger partial charge in [-0.15, -0.1) is 5.10 Å². The Morgan fingerprint density at radius 2 is 2.00 bits per heavy atom. The summed E-state index contributed by atoms with van der Waals surface area (Å²) in [5.41, 5.74) is 0. The Labute approximate surface area is 114 Å². The molecular formula is C11H23N5O2S. The summed E-state index contributed by atoms with van der Waals surface area (Å²) in [5.74, 6) is 0.761. The molecule has 0 fully saturated rings. The van der Waals surface area contributed by atoms with Crippen LogP contribution in [0.1, 0.15) is 33.0 Å². The minimum atomic E-state index is -3.05. The van der Waals surface area contributed by atoms with Crippen LogP contribution in [-0.2, 0) is 22.9 Å². The lowest BCUT2D eigenvalue weighted by atomic mass is 10.2. The second-order valence-corrected chi connectivity index (χ2v) is 7.41. The maximum absolute atomic E-state index is 11.6. The van der Waals surface area contributed by atoms with E-state index in [1.807, 2.05) is 18.9 Å². The summed E-state index contributed by atoms with van der Waals surface area (Å²) in [7, 11) is -1.16. The van der Waals surface area contributed by atoms with Gasteiger partial charge in [-0.3, -0.25) is 4.90 Å². The number of hydrogen-bond acceptors (Lipinski definition) is 6. The first-order valence-electron chi connectivity index (χ1n) is 6.41. The monoisotopic (exact) mass is 289 g/mol. The van der Waals surface area contributed by atoms with Gasteiger partial charge in [0.15, 0.2) is 15.7 Å². The third-order valence-electron chi connectivity index (χ3n) is 3.48. The number of sulfone groups is 1. The average Bonchev–Trinajstić information content (AvgIpc) is 2.74. The largest absolute Gasteiger partial charge is 0.295 e. The van der Waals surface area contributed by atoms with Gasteiger partial charge in [-0.05, 0) is 37.7 Å². The van der Waals surface area contributed by atoms with Crippen molar-refractivity contribution in [2.45, 2.75) is 51.6 Å². The molecule has 0 saturated heterocycles. The van der Waals surface area contributed by atoms with Crippen LogP contribution < -0.4 is 0 Å². The van der Waals surface area contributed by atoms with Crippen LogP contribution in [0.4, 0.5) is 0 Å². The van der Waals surface area contributed by atoms with Crippen LogP contribution in [0.15, 0.2) is 0 Å². The van der Waals surface area contributed by atoms with Crippen molar-refractivity contribution in [3.8, 4) is 0 Å². The summed E-state index contributed by atoms with van der Waals surface area (Å²) in [6, 6.07) is -0.0956. The molecule has 0 aliphatic carbocycles. The number of aryl methyl sites for hydroxylation is 1. The van der Waals surface area contributed by atoms with E-state index in [0.29, 0.717) is 6.54 Å². The van der Waals surface area contributed by atoms with E-state index in [1.165, 1.54) is 6.26 Å². The van der Waals surface area contributed by atoms with Gasteiger partial charge in [0.2, 0.25) is 0 Å². The van der Waals surface area contributed by atoms with E-state index in [0.717, 1.165) is 18.8 Å². The molecule has 8 heteroatoms. The summed E-state index contributed by atoms with van der Waals surface area (Å²) in [4.78, 5) is 1.96. The topological polar surface area (TPSA) is 81.0 Å². The van der Waals surface area contributed by atoms with Gasteiger partial charge < -0.3 is 0 Å². The molecule has 1 aromatic rings. The van der Waals surface area contributed by atoms with Crippen LogP contribution in [0.5, 0.6) is 0 Å². The van der Waals surface area contributed by atoms with E-state index >= 15 is 0 Å². The van der Waals surface area contributed by atoms with E-state index in [4.69, 9.17) is 0 Å². The first-order chi connectivity index (χ1) is 8.77. The maximum Gasteiger partial charge on any atom is 0.165 e. The second-order valence-electron chi connectivity index (χ2n) is 5.01. The van der Waals surface area contributed by atoms with Crippen molar-refractivity contribution in [1.29, 1.82) is 0 Å². The molecular weight excluding hydrogens is 266 g/mol. The molecule has 0 saturated carbocycles. The number of aromatic nitrogens is 4. The Kier molecular flexibility index (Phi) is 5.42. The predicted molar refractivity (Wildman–Crippen MR) is 73.3 cm³/mol. The van der Waals surface area contributed by atoms with Crippen LogP contribution in [0.2, 0.25) is 0 Å². The average molecular weight is 289 g/mol. The zero-order valence-corrected chi connectivity index (χ0v) is 13.1. The first kappa shape index (κ1) is 16.0. The highest BCUT2D eigenvalue weighted by molar-refractivity contribution is 7.91. The fraction of sp³-hybridized carbons (Fsp3) is 0.909. The molecule has 0 unspecified atom stereocenters. The quantitative estimate of drug-likeness (QED) is 0.720. The standard InChI is InChI=1S/C11H23N5O2S/c1-6-7-16-11(12-13-14-16)8-15(4)9(2)10(3)19(5,17)18/h9-10H,6-8H2,1-5H3/t9-,10+/m1/s1. The third kappa shape index (κ3) is 4.24. The van der Waals surface area contributed by atoms with Crippen LogP contribution >= 0.6 is 0 Å². The highest BCUT2D eigenvalue weighted by atomic mass is 32.2. The van der Waals surface area contributed by atoms with Crippen molar-refractivity contribution in [2.24, 2.45) is 0 Å². The van der Waals surface area contributed by atoms with Gasteiger partial charge in [-0.25, -0.2) is 13.1 Å². The Hall–Kier alpha value is -1.02. The van der Waals surface area contributed by atoms with Crippen molar-refractivity contribution in [2.75, 3.05) is 13.3 Å². The van der Waals surface area contributed by atoms with Gasteiger partial charge in [0.25, 0.3) is 0 Å². The predicted octanol–water partition coefficient (Wildman–Crippen LogP) is 0.337. The maximum atomic E-state index is 11.6. The molecule has 0 aliphatic rings. The third-order valence-corrected chi connectivity index (χ3v) is 5.23. The smallest absolute Gasteiger partial charge is 0.165 e. The molecule has 19 heavy (non-hydrogen) atoms. The minimum Gasteiger partial charge on any atom is -0.295 e. The molecule has 0 N–H and O–H groups in total. The summed E-state index contributed by atoms with van der Waals surface area (Å²) in [5, 5.41) is 11.2. The Balaban J connectivity index is 2.73. The van der Waals surface area contributed by atoms with Crippen molar-refractivity contribution in [1.82, 2.24) is 25.1 Å². The highest BCUT2D eigenvalue weighted by Crippen LogP contribution is 2.12. The fourth-order valence-corrected chi connectivity index (χ4v) is 2.73. The molecule has 1 aromatic heterocycles. The summed E-state index contributed by atoms with van der Waals surface area (Å²) < 4.78 is 24.9. The summed E-state index contributed by atoms with van der Waals surface area (Å²) in [6.45, 7) is 6.99. The van der Waals surface area contributed by atoms with E-state index < -0.39 is 15.1 Å². The van der Waals surface area contributed by atoms with Crippen molar-refractivity contribution in [3.05, 3.63) is 5.82 Å². The molecule has 7 nitrogen and oxygen atoms in total. The lowest BCUT2D eigenvalue weighted by molar-refractivity contribution is 0.234. The van der Waals surface area contributed by atoms with Crippen LogP contribution in [0.3, 0.4) is 0 Å². The first-order valence-corrected chi connectivity index (χ1v) is 8.37. The molecule has 0 amide bonds. The molecule has 0 bridgehead atoms. The molecule has 2 atom stereocenters. The number of hydrogen-bond donors (Lipinski definition) is 0. The van der Waals surface area contributed by atoms with E-state index in [1.54, 1.807) is 11.6 Å². The van der Waals surface area contributed by atoms with Gasteiger partial charge in [0.1, 0.15) is 0 Å². The molecule has 1 rings (SSSR count). The van der Waals surface area contributed by atoms with Gasteiger partial charge >= 0.3 is 0 Å². The van der Waals surface area contributed by atoms with E-state index in [-0.39, 0.29) is 6.04 Å². The molecule has 110 valence electrons. The zero-order valence-electron chi connectivity index (χ0n) is 12.2. The lowest BCUT2D eigenvalue weighted by Crippen LogP contribution is -2.41. The van der Waals surface area contributed by atoms with Crippen LogP contribution in [-0.4, -0.2) is 58.1 Å². The Morgan fingerprint density at radius 3 is 2.53 bits per heavy atom. The normalized spacial score (nSPS) is 15.7. The fourth-order valence-electron chi connectivity index (χ4n) is 1.81. The molecule has 0 radical (unpaired) electrons. The lowest BCUT2D eigenvalue weighted by Gasteiger charge is -2.28. The van der Waals surface area contributed by atoms with Crippen LogP contribution in [0.25, 0.3) is 0 Å². The van der Waals surface area contributed by atoms with Gasteiger partial charge in [-0.2, -0.15) is 0 Å². The zero-order chi connectivity index (χ0) is 14.6. The molecule has 0 aromatic carbocycles. The molecule has 0 spiro atoms. The van der Waals surface area contributed by atoms with E-state index in [2.05, 4.69) is 22.4 Å². The SMILES string of the molecule is CCCn1nnnc1CN(C)[C@H](C)[C@H](C)S(C)(=O)=O. The summed E-state index contributed by atoms with van der Waals surface area (Å²) in [6.07, 6.45) is 2.22. The number of nitrogens with zero attached hydrogens (tertiary/aromatic N) is 5. The second kappa shape index (κ2) is 6.42. The Bertz CT molecular complexity index is 499. The van der Waals surface area contributed by atoms with Gasteiger partial charge in [-0.1, -0.05) is 6.92 Å². The van der Waals surface area contributed by atoms with Gasteiger partial charge in [0.05, 0.1) is 11.8 Å². The molecule has 1 heterocycles. The molecule has 0 aliphatic heterocycles. The van der Waals surface area contributed by atoms with Crippen LogP contribution in [0, 0.1) is 0 Å². The van der Waals surface area contributed by atoms with Crippen molar-refractivity contribution in [3.63, 3.8) is 0 Å².